The summed E-state index contributed by atoms with van der Waals surface area (Å²) in [5.74, 6) is 1.07. The summed E-state index contributed by atoms with van der Waals surface area (Å²) in [4.78, 5) is 0. The Balaban J connectivity index is 2.42. The van der Waals surface area contributed by atoms with Gasteiger partial charge in [-0.05, 0) is 32.9 Å². The maximum absolute atomic E-state index is 6.09. The average molecular weight is 219 g/mol. The van der Waals surface area contributed by atoms with Crippen molar-refractivity contribution in [2.24, 2.45) is 0 Å². The van der Waals surface area contributed by atoms with Gasteiger partial charge in [0.15, 0.2) is 0 Å². The van der Waals surface area contributed by atoms with Gasteiger partial charge in [-0.1, -0.05) is 25.1 Å². The molecule has 2 rings (SSSR count). The second-order valence-electron chi connectivity index (χ2n) is 5.17. The van der Waals surface area contributed by atoms with Crippen molar-refractivity contribution >= 4 is 0 Å². The molecule has 0 bridgehead atoms. The maximum Gasteiger partial charge on any atom is 0.127 e. The molecule has 0 spiro atoms. The fraction of sp³-hybridized carbons (Fsp3) is 0.571. The molecule has 1 unspecified atom stereocenters. The molecule has 16 heavy (non-hydrogen) atoms. The Bertz CT molecular complexity index is 384. The van der Waals surface area contributed by atoms with E-state index in [1.54, 1.807) is 0 Å². The lowest BCUT2D eigenvalue weighted by Gasteiger charge is -2.38. The van der Waals surface area contributed by atoms with Crippen LogP contribution in [0.25, 0.3) is 0 Å². The molecule has 1 aromatic rings. The quantitative estimate of drug-likeness (QED) is 0.824. The molecule has 2 nitrogen and oxygen atoms in total. The smallest absolute Gasteiger partial charge is 0.127 e. The number of ether oxygens (including phenoxy) is 1. The Morgan fingerprint density at radius 1 is 1.44 bits per heavy atom. The predicted octanol–water partition coefficient (Wildman–Crippen LogP) is 3.21. The minimum atomic E-state index is -0.0774. The van der Waals surface area contributed by atoms with Crippen LogP contribution in [0.1, 0.15) is 44.4 Å². The molecule has 0 amide bonds. The summed E-state index contributed by atoms with van der Waals surface area (Å²) < 4.78 is 6.09. The number of hydrogen-bond donors (Lipinski definition) is 1. The van der Waals surface area contributed by atoms with Gasteiger partial charge in [-0.3, -0.25) is 0 Å². The van der Waals surface area contributed by atoms with Crippen molar-refractivity contribution in [2.75, 3.05) is 6.54 Å². The zero-order chi connectivity index (χ0) is 11.8. The normalized spacial score (nSPS) is 22.4. The van der Waals surface area contributed by atoms with Crippen LogP contribution in [0.4, 0.5) is 0 Å². The summed E-state index contributed by atoms with van der Waals surface area (Å²) in [6, 6.07) is 6.82. The first-order valence-corrected chi connectivity index (χ1v) is 6.05. The standard InChI is InChI=1S/C14H21NO/c1-5-15-12-9-14(3,4)16-13-10(2)7-6-8-11(12)13/h6-8,12,15H,5,9H2,1-4H3. The molecule has 0 saturated carbocycles. The highest BCUT2D eigenvalue weighted by Gasteiger charge is 2.33. The van der Waals surface area contributed by atoms with E-state index in [9.17, 15) is 0 Å². The summed E-state index contributed by atoms with van der Waals surface area (Å²) in [6.07, 6.45) is 1.03. The fourth-order valence-electron chi connectivity index (χ4n) is 2.44. The number of rotatable bonds is 2. The first-order chi connectivity index (χ1) is 7.53. The van der Waals surface area contributed by atoms with Gasteiger partial charge in [0, 0.05) is 18.0 Å². The van der Waals surface area contributed by atoms with Gasteiger partial charge >= 0.3 is 0 Å². The van der Waals surface area contributed by atoms with Crippen LogP contribution in [-0.2, 0) is 0 Å². The topological polar surface area (TPSA) is 21.3 Å². The zero-order valence-electron chi connectivity index (χ0n) is 10.6. The highest BCUT2D eigenvalue weighted by molar-refractivity contribution is 5.44. The molecular formula is C14H21NO. The van der Waals surface area contributed by atoms with Gasteiger partial charge in [0.2, 0.25) is 0 Å². The zero-order valence-corrected chi connectivity index (χ0v) is 10.6. The average Bonchev–Trinajstić information content (AvgIpc) is 2.19. The SMILES string of the molecule is CCNC1CC(C)(C)Oc2c(C)cccc21. The second-order valence-corrected chi connectivity index (χ2v) is 5.17. The maximum atomic E-state index is 6.09. The summed E-state index contributed by atoms with van der Waals surface area (Å²) in [5.41, 5.74) is 2.46. The van der Waals surface area contributed by atoms with Crippen LogP contribution in [0, 0.1) is 6.92 Å². The second kappa shape index (κ2) is 4.10. The molecular weight excluding hydrogens is 198 g/mol. The van der Waals surface area contributed by atoms with E-state index >= 15 is 0 Å². The van der Waals surface area contributed by atoms with Gasteiger partial charge < -0.3 is 10.1 Å². The lowest BCUT2D eigenvalue weighted by Crippen LogP contribution is -2.39. The summed E-state index contributed by atoms with van der Waals surface area (Å²) in [5, 5.41) is 3.54. The van der Waals surface area contributed by atoms with E-state index in [-0.39, 0.29) is 5.60 Å². The molecule has 1 heterocycles. The van der Waals surface area contributed by atoms with E-state index in [1.807, 2.05) is 0 Å². The first-order valence-electron chi connectivity index (χ1n) is 6.05. The van der Waals surface area contributed by atoms with E-state index in [1.165, 1.54) is 11.1 Å². The van der Waals surface area contributed by atoms with Crippen molar-refractivity contribution in [1.82, 2.24) is 5.32 Å². The largest absolute Gasteiger partial charge is 0.487 e. The first kappa shape index (κ1) is 11.5. The fourth-order valence-corrected chi connectivity index (χ4v) is 2.44. The highest BCUT2D eigenvalue weighted by atomic mass is 16.5. The summed E-state index contributed by atoms with van der Waals surface area (Å²) >= 11 is 0. The predicted molar refractivity (Wildman–Crippen MR) is 66.9 cm³/mol. The number of nitrogens with one attached hydrogen (secondary N) is 1. The molecule has 0 radical (unpaired) electrons. The van der Waals surface area contributed by atoms with E-state index in [4.69, 9.17) is 4.74 Å². The number of aryl methyl sites for hydroxylation is 1. The summed E-state index contributed by atoms with van der Waals surface area (Å²) in [6.45, 7) is 9.58. The van der Waals surface area contributed by atoms with Crippen LogP contribution in [0.3, 0.4) is 0 Å². The van der Waals surface area contributed by atoms with Gasteiger partial charge in [-0.25, -0.2) is 0 Å². The molecule has 0 fully saturated rings. The van der Waals surface area contributed by atoms with E-state index in [0.717, 1.165) is 18.7 Å². The molecule has 0 aromatic heterocycles. The molecule has 1 aromatic carbocycles. The number of fused-ring (bicyclic) bond motifs is 1. The number of para-hydroxylation sites is 1. The Morgan fingerprint density at radius 2 is 2.19 bits per heavy atom. The number of benzene rings is 1. The molecule has 88 valence electrons. The number of hydrogen-bond acceptors (Lipinski definition) is 2. The third-order valence-electron chi connectivity index (χ3n) is 3.14. The van der Waals surface area contributed by atoms with Gasteiger partial charge in [-0.15, -0.1) is 0 Å². The van der Waals surface area contributed by atoms with Crippen LogP contribution in [0.15, 0.2) is 18.2 Å². The molecule has 1 atom stereocenters. The van der Waals surface area contributed by atoms with Crippen LogP contribution in [0.5, 0.6) is 5.75 Å². The lowest BCUT2D eigenvalue weighted by molar-refractivity contribution is 0.0655. The molecule has 0 aliphatic carbocycles. The van der Waals surface area contributed by atoms with Crippen molar-refractivity contribution in [3.05, 3.63) is 29.3 Å². The van der Waals surface area contributed by atoms with Crippen molar-refractivity contribution in [2.45, 2.75) is 45.8 Å². The van der Waals surface area contributed by atoms with Gasteiger partial charge in [0.05, 0.1) is 0 Å². The van der Waals surface area contributed by atoms with E-state index < -0.39 is 0 Å². The van der Waals surface area contributed by atoms with Gasteiger partial charge in [0.25, 0.3) is 0 Å². The van der Waals surface area contributed by atoms with Crippen molar-refractivity contribution in [3.63, 3.8) is 0 Å². The van der Waals surface area contributed by atoms with Crippen LogP contribution < -0.4 is 10.1 Å². The van der Waals surface area contributed by atoms with Crippen molar-refractivity contribution in [3.8, 4) is 5.75 Å². The minimum Gasteiger partial charge on any atom is -0.487 e. The summed E-state index contributed by atoms with van der Waals surface area (Å²) in [7, 11) is 0. The Morgan fingerprint density at radius 3 is 2.88 bits per heavy atom. The Labute approximate surface area is 98.0 Å². The van der Waals surface area contributed by atoms with E-state index in [0.29, 0.717) is 6.04 Å². The van der Waals surface area contributed by atoms with Crippen molar-refractivity contribution in [1.29, 1.82) is 0 Å². The van der Waals surface area contributed by atoms with Crippen LogP contribution in [-0.4, -0.2) is 12.1 Å². The van der Waals surface area contributed by atoms with E-state index in [2.05, 4.69) is 51.2 Å². The van der Waals surface area contributed by atoms with Crippen LogP contribution in [0.2, 0.25) is 0 Å². The molecule has 0 saturated heterocycles. The monoisotopic (exact) mass is 219 g/mol. The van der Waals surface area contributed by atoms with Crippen molar-refractivity contribution < 1.29 is 4.74 Å². The Kier molecular flexibility index (Phi) is 2.94. The highest BCUT2D eigenvalue weighted by Crippen LogP contribution is 2.41. The molecule has 1 aliphatic heterocycles. The third-order valence-corrected chi connectivity index (χ3v) is 3.14. The minimum absolute atomic E-state index is 0.0774. The van der Waals surface area contributed by atoms with Gasteiger partial charge in [0.1, 0.15) is 11.4 Å². The molecule has 1 N–H and O–H groups in total. The lowest BCUT2D eigenvalue weighted by atomic mass is 9.88. The Hall–Kier alpha value is -1.02. The van der Waals surface area contributed by atoms with Gasteiger partial charge in [-0.2, -0.15) is 0 Å². The molecule has 2 heteroatoms. The van der Waals surface area contributed by atoms with Crippen LogP contribution >= 0.6 is 0 Å². The third kappa shape index (κ3) is 2.07. The molecule has 1 aliphatic rings.